The average Bonchev–Trinajstić information content (AvgIpc) is 2.86. The number of nitrogens with one attached hydrogen (secondary N) is 3. The molecule has 0 atom stereocenters. The van der Waals surface area contributed by atoms with Crippen LogP contribution in [0.3, 0.4) is 0 Å². The van der Waals surface area contributed by atoms with Crippen molar-refractivity contribution in [2.24, 2.45) is 0 Å². The lowest BCUT2D eigenvalue weighted by Crippen LogP contribution is -2.12. The maximum atomic E-state index is 11.8. The molecule has 3 N–H and O–H groups in total. The molecule has 1 aromatic carbocycles. The van der Waals surface area contributed by atoms with Crippen LogP contribution in [0.4, 0.5) is 11.4 Å². The molecule has 0 fully saturated rings. The predicted molar refractivity (Wildman–Crippen MR) is 72.0 cm³/mol. The Morgan fingerprint density at radius 1 is 1.26 bits per heavy atom. The number of hydrogen-bond acceptors (Lipinski definition) is 3. The lowest BCUT2D eigenvalue weighted by atomic mass is 10.1. The molecule has 0 saturated heterocycles. The van der Waals surface area contributed by atoms with E-state index in [0.717, 1.165) is 5.56 Å². The lowest BCUT2D eigenvalue weighted by molar-refractivity contribution is -0.114. The second-order valence-electron chi connectivity index (χ2n) is 4.15. The quantitative estimate of drug-likeness (QED) is 0.786. The van der Waals surface area contributed by atoms with Crippen LogP contribution >= 0.6 is 0 Å². The molecule has 2 amide bonds. The van der Waals surface area contributed by atoms with Crippen LogP contribution in [0, 0.1) is 6.92 Å². The Kier molecular flexibility index (Phi) is 3.61. The fourth-order valence-electron chi connectivity index (χ4n) is 1.60. The summed E-state index contributed by atoms with van der Waals surface area (Å²) in [6.07, 6.45) is 2.95. The Bertz CT molecular complexity index is 605. The number of nitrogens with zero attached hydrogens (tertiary/aromatic N) is 1. The maximum absolute atomic E-state index is 11.8. The maximum Gasteiger partial charge on any atom is 0.258 e. The van der Waals surface area contributed by atoms with Gasteiger partial charge in [0, 0.05) is 24.5 Å². The smallest absolute Gasteiger partial charge is 0.258 e. The molecule has 0 saturated carbocycles. The van der Waals surface area contributed by atoms with Crippen molar-refractivity contribution in [3.05, 3.63) is 41.7 Å². The van der Waals surface area contributed by atoms with E-state index in [0.29, 0.717) is 16.9 Å². The highest BCUT2D eigenvalue weighted by molar-refractivity contribution is 6.04. The van der Waals surface area contributed by atoms with Crippen molar-refractivity contribution >= 4 is 23.2 Å². The summed E-state index contributed by atoms with van der Waals surface area (Å²) in [5, 5.41) is 11.7. The van der Waals surface area contributed by atoms with Gasteiger partial charge in [-0.3, -0.25) is 14.7 Å². The highest BCUT2D eigenvalue weighted by Gasteiger charge is 2.08. The zero-order valence-corrected chi connectivity index (χ0v) is 10.7. The van der Waals surface area contributed by atoms with Gasteiger partial charge in [0.05, 0.1) is 11.8 Å². The minimum Gasteiger partial charge on any atom is -0.326 e. The van der Waals surface area contributed by atoms with Gasteiger partial charge in [-0.05, 0) is 24.6 Å². The van der Waals surface area contributed by atoms with Crippen LogP contribution in [0.15, 0.2) is 30.6 Å². The number of rotatable bonds is 3. The first-order valence-electron chi connectivity index (χ1n) is 5.74. The van der Waals surface area contributed by atoms with Crippen molar-refractivity contribution in [3.63, 3.8) is 0 Å². The first-order valence-corrected chi connectivity index (χ1v) is 5.74. The number of anilines is 2. The topological polar surface area (TPSA) is 86.9 Å². The van der Waals surface area contributed by atoms with Crippen molar-refractivity contribution < 1.29 is 9.59 Å². The number of H-pyrrole nitrogens is 1. The minimum absolute atomic E-state index is 0.151. The molecule has 6 heteroatoms. The molecule has 0 aliphatic heterocycles. The van der Waals surface area contributed by atoms with Crippen molar-refractivity contribution in [1.29, 1.82) is 0 Å². The predicted octanol–water partition coefficient (Wildman–Crippen LogP) is 1.93. The monoisotopic (exact) mass is 258 g/mol. The van der Waals surface area contributed by atoms with Crippen LogP contribution in [0.25, 0.3) is 0 Å². The summed E-state index contributed by atoms with van der Waals surface area (Å²) < 4.78 is 0. The van der Waals surface area contributed by atoms with E-state index in [4.69, 9.17) is 0 Å². The molecule has 0 bridgehead atoms. The number of aromatic nitrogens is 2. The zero-order chi connectivity index (χ0) is 13.8. The third-order valence-electron chi connectivity index (χ3n) is 2.57. The lowest BCUT2D eigenvalue weighted by Gasteiger charge is -2.10. The number of aromatic amines is 1. The Balaban J connectivity index is 2.17. The molecule has 1 aromatic heterocycles. The Morgan fingerprint density at radius 3 is 2.68 bits per heavy atom. The van der Waals surface area contributed by atoms with Crippen LogP contribution in [0.5, 0.6) is 0 Å². The summed E-state index contributed by atoms with van der Waals surface area (Å²) in [5.74, 6) is -0.409. The van der Waals surface area contributed by atoms with E-state index in [2.05, 4.69) is 20.8 Å². The zero-order valence-electron chi connectivity index (χ0n) is 10.7. The van der Waals surface area contributed by atoms with Crippen LogP contribution in [0.2, 0.25) is 0 Å². The fraction of sp³-hybridized carbons (Fsp3) is 0.154. The number of carbonyl (C=O) groups excluding carboxylic acids is 2. The summed E-state index contributed by atoms with van der Waals surface area (Å²) in [6.45, 7) is 3.32. The molecule has 19 heavy (non-hydrogen) atoms. The van der Waals surface area contributed by atoms with Crippen LogP contribution in [-0.2, 0) is 4.79 Å². The van der Waals surface area contributed by atoms with Crippen molar-refractivity contribution in [2.75, 3.05) is 10.6 Å². The average molecular weight is 258 g/mol. The summed E-state index contributed by atoms with van der Waals surface area (Å²) in [4.78, 5) is 22.9. The summed E-state index contributed by atoms with van der Waals surface area (Å²) in [5.41, 5.74) is 2.66. The van der Waals surface area contributed by atoms with E-state index in [1.165, 1.54) is 19.3 Å². The minimum atomic E-state index is -0.258. The Morgan fingerprint density at radius 2 is 2.05 bits per heavy atom. The van der Waals surface area contributed by atoms with E-state index >= 15 is 0 Å². The van der Waals surface area contributed by atoms with E-state index in [9.17, 15) is 9.59 Å². The second-order valence-corrected chi connectivity index (χ2v) is 4.15. The Hall–Kier alpha value is -2.63. The first-order chi connectivity index (χ1) is 9.06. The molecular formula is C13H14N4O2. The third kappa shape index (κ3) is 3.19. The van der Waals surface area contributed by atoms with Gasteiger partial charge in [-0.15, -0.1) is 0 Å². The highest BCUT2D eigenvalue weighted by Crippen LogP contribution is 2.20. The SMILES string of the molecule is CC(=O)Nc1cc(NC(=O)c2cn[nH]c2)ccc1C. The molecule has 2 aromatic rings. The van der Waals surface area contributed by atoms with Gasteiger partial charge < -0.3 is 10.6 Å². The molecule has 0 radical (unpaired) electrons. The van der Waals surface area contributed by atoms with Crippen molar-refractivity contribution in [3.8, 4) is 0 Å². The number of amides is 2. The summed E-state index contributed by atoms with van der Waals surface area (Å²) >= 11 is 0. The van der Waals surface area contributed by atoms with Gasteiger partial charge in [0.25, 0.3) is 5.91 Å². The van der Waals surface area contributed by atoms with Gasteiger partial charge >= 0.3 is 0 Å². The van der Waals surface area contributed by atoms with Crippen molar-refractivity contribution in [2.45, 2.75) is 13.8 Å². The second kappa shape index (κ2) is 5.34. The Labute approximate surface area is 110 Å². The molecule has 0 aliphatic rings. The van der Waals surface area contributed by atoms with Gasteiger partial charge in [0.15, 0.2) is 0 Å². The third-order valence-corrected chi connectivity index (χ3v) is 2.57. The highest BCUT2D eigenvalue weighted by atomic mass is 16.2. The van der Waals surface area contributed by atoms with Gasteiger partial charge in [-0.25, -0.2) is 0 Å². The van der Waals surface area contributed by atoms with Crippen LogP contribution in [0.1, 0.15) is 22.8 Å². The molecule has 0 aliphatic carbocycles. The molecule has 2 rings (SSSR count). The molecule has 98 valence electrons. The molecule has 6 nitrogen and oxygen atoms in total. The number of carbonyl (C=O) groups is 2. The number of benzene rings is 1. The van der Waals surface area contributed by atoms with Crippen LogP contribution < -0.4 is 10.6 Å². The van der Waals surface area contributed by atoms with E-state index in [1.54, 1.807) is 12.1 Å². The van der Waals surface area contributed by atoms with Crippen LogP contribution in [-0.4, -0.2) is 22.0 Å². The van der Waals surface area contributed by atoms with E-state index < -0.39 is 0 Å². The van der Waals surface area contributed by atoms with E-state index in [1.807, 2.05) is 13.0 Å². The summed E-state index contributed by atoms with van der Waals surface area (Å²) in [6, 6.07) is 5.32. The molecule has 1 heterocycles. The number of hydrogen-bond donors (Lipinski definition) is 3. The van der Waals surface area contributed by atoms with Crippen molar-refractivity contribution in [1.82, 2.24) is 10.2 Å². The standard InChI is InChI=1S/C13H14N4O2/c1-8-3-4-11(5-12(8)16-9(2)18)17-13(19)10-6-14-15-7-10/h3-7H,1-2H3,(H,14,15)(H,16,18)(H,17,19). The largest absolute Gasteiger partial charge is 0.326 e. The summed E-state index contributed by atoms with van der Waals surface area (Å²) in [7, 11) is 0. The van der Waals surface area contributed by atoms with E-state index in [-0.39, 0.29) is 11.8 Å². The normalized spacial score (nSPS) is 10.0. The van der Waals surface area contributed by atoms with Gasteiger partial charge in [0.2, 0.25) is 5.91 Å². The van der Waals surface area contributed by atoms with Gasteiger partial charge in [0.1, 0.15) is 0 Å². The molecule has 0 unspecified atom stereocenters. The number of aryl methyl sites for hydroxylation is 1. The van der Waals surface area contributed by atoms with Gasteiger partial charge in [-0.1, -0.05) is 6.07 Å². The fourth-order valence-corrected chi connectivity index (χ4v) is 1.60. The molecular weight excluding hydrogens is 244 g/mol. The molecule has 0 spiro atoms. The first kappa shape index (κ1) is 12.8. The van der Waals surface area contributed by atoms with Gasteiger partial charge in [-0.2, -0.15) is 5.10 Å².